The van der Waals surface area contributed by atoms with Crippen LogP contribution in [-0.4, -0.2) is 9.97 Å². The number of halogens is 2. The Hall–Kier alpha value is -1.48. The van der Waals surface area contributed by atoms with Crippen molar-refractivity contribution in [3.63, 3.8) is 0 Å². The minimum Gasteiger partial charge on any atom is -0.233 e. The number of nitrogens with zero attached hydrogens (tertiary/aromatic N) is 2. The zero-order chi connectivity index (χ0) is 13.1. The summed E-state index contributed by atoms with van der Waals surface area (Å²) in [5.41, 5.74) is 2.26. The van der Waals surface area contributed by atoms with Crippen LogP contribution in [0.4, 0.5) is 4.39 Å². The van der Waals surface area contributed by atoms with Crippen LogP contribution in [-0.2, 0) is 6.42 Å². The minimum absolute atomic E-state index is 0.267. The van der Waals surface area contributed by atoms with Gasteiger partial charge in [-0.15, -0.1) is 0 Å². The summed E-state index contributed by atoms with van der Waals surface area (Å²) < 4.78 is 13.4. The van der Waals surface area contributed by atoms with Gasteiger partial charge in [-0.3, -0.25) is 0 Å². The van der Waals surface area contributed by atoms with E-state index in [-0.39, 0.29) is 5.82 Å². The SMILES string of the molecule is CCCc1nc(Cl)cc(-c2cc(C)cc(F)c2)n1. The van der Waals surface area contributed by atoms with Gasteiger partial charge in [0.2, 0.25) is 0 Å². The molecule has 0 amide bonds. The molecule has 0 unspecified atom stereocenters. The normalized spacial score (nSPS) is 10.7. The molecule has 0 aliphatic rings. The summed E-state index contributed by atoms with van der Waals surface area (Å²) in [7, 11) is 0. The highest BCUT2D eigenvalue weighted by Gasteiger charge is 2.07. The van der Waals surface area contributed by atoms with E-state index in [0.29, 0.717) is 16.7 Å². The van der Waals surface area contributed by atoms with Gasteiger partial charge in [-0.25, -0.2) is 14.4 Å². The van der Waals surface area contributed by atoms with Crippen LogP contribution >= 0.6 is 11.6 Å². The van der Waals surface area contributed by atoms with E-state index in [2.05, 4.69) is 16.9 Å². The van der Waals surface area contributed by atoms with Crippen molar-refractivity contribution in [2.24, 2.45) is 0 Å². The molecule has 1 heterocycles. The van der Waals surface area contributed by atoms with Crippen LogP contribution in [0.1, 0.15) is 24.7 Å². The van der Waals surface area contributed by atoms with Crippen molar-refractivity contribution in [3.05, 3.63) is 46.6 Å². The zero-order valence-electron chi connectivity index (χ0n) is 10.4. The Labute approximate surface area is 111 Å². The molecule has 0 spiro atoms. The van der Waals surface area contributed by atoms with E-state index in [0.717, 1.165) is 24.0 Å². The first-order valence-electron chi connectivity index (χ1n) is 5.89. The van der Waals surface area contributed by atoms with Crippen molar-refractivity contribution < 1.29 is 4.39 Å². The summed E-state index contributed by atoms with van der Waals surface area (Å²) in [4.78, 5) is 8.57. The van der Waals surface area contributed by atoms with Gasteiger partial charge < -0.3 is 0 Å². The molecule has 2 aromatic rings. The summed E-state index contributed by atoms with van der Waals surface area (Å²) in [6.45, 7) is 3.90. The Morgan fingerprint density at radius 3 is 2.61 bits per heavy atom. The summed E-state index contributed by atoms with van der Waals surface area (Å²) >= 11 is 5.97. The number of hydrogen-bond donors (Lipinski definition) is 0. The number of benzene rings is 1. The Morgan fingerprint density at radius 2 is 1.94 bits per heavy atom. The molecule has 0 saturated carbocycles. The molecule has 0 saturated heterocycles. The number of hydrogen-bond acceptors (Lipinski definition) is 2. The quantitative estimate of drug-likeness (QED) is 0.777. The van der Waals surface area contributed by atoms with Crippen molar-refractivity contribution >= 4 is 11.6 Å². The molecule has 0 aliphatic heterocycles. The summed E-state index contributed by atoms with van der Waals surface area (Å²) in [6.07, 6.45) is 1.71. The monoisotopic (exact) mass is 264 g/mol. The summed E-state index contributed by atoms with van der Waals surface area (Å²) in [6, 6.07) is 6.49. The molecule has 4 heteroatoms. The number of aryl methyl sites for hydroxylation is 2. The van der Waals surface area contributed by atoms with Gasteiger partial charge >= 0.3 is 0 Å². The molecule has 0 aliphatic carbocycles. The molecule has 0 fully saturated rings. The van der Waals surface area contributed by atoms with Gasteiger partial charge in [0.15, 0.2) is 0 Å². The second kappa shape index (κ2) is 5.44. The van der Waals surface area contributed by atoms with E-state index in [1.54, 1.807) is 6.07 Å². The molecule has 1 aromatic heterocycles. The zero-order valence-corrected chi connectivity index (χ0v) is 11.1. The standard InChI is InChI=1S/C14H14ClFN2/c1-3-4-14-17-12(8-13(15)18-14)10-5-9(2)6-11(16)7-10/h5-8H,3-4H2,1-2H3. The van der Waals surface area contributed by atoms with Crippen LogP contribution in [0.2, 0.25) is 5.15 Å². The third-order valence-corrected chi connectivity index (χ3v) is 2.75. The molecule has 1 aromatic carbocycles. The van der Waals surface area contributed by atoms with Gasteiger partial charge in [-0.05, 0) is 37.1 Å². The first-order chi connectivity index (χ1) is 8.58. The van der Waals surface area contributed by atoms with Crippen LogP contribution in [0.15, 0.2) is 24.3 Å². The molecule has 0 atom stereocenters. The molecular formula is C14H14ClFN2. The summed E-state index contributed by atoms with van der Waals surface area (Å²) in [5.74, 6) is 0.429. The lowest BCUT2D eigenvalue weighted by Crippen LogP contribution is -1.97. The Bertz CT molecular complexity index is 549. The first kappa shape index (κ1) is 13.0. The molecule has 2 rings (SSSR count). The smallest absolute Gasteiger partial charge is 0.133 e. The molecule has 0 bridgehead atoms. The van der Waals surface area contributed by atoms with E-state index in [1.165, 1.54) is 12.1 Å². The van der Waals surface area contributed by atoms with Crippen LogP contribution in [0, 0.1) is 12.7 Å². The largest absolute Gasteiger partial charge is 0.233 e. The lowest BCUT2D eigenvalue weighted by Gasteiger charge is -2.06. The van der Waals surface area contributed by atoms with Crippen molar-refractivity contribution in [1.82, 2.24) is 9.97 Å². The van der Waals surface area contributed by atoms with Crippen molar-refractivity contribution in [2.75, 3.05) is 0 Å². The van der Waals surface area contributed by atoms with E-state index in [4.69, 9.17) is 11.6 Å². The fourth-order valence-corrected chi connectivity index (χ4v) is 2.03. The fraction of sp³-hybridized carbons (Fsp3) is 0.286. The lowest BCUT2D eigenvalue weighted by molar-refractivity contribution is 0.627. The molecule has 0 N–H and O–H groups in total. The van der Waals surface area contributed by atoms with Gasteiger partial charge in [-0.2, -0.15) is 0 Å². The molecule has 2 nitrogen and oxygen atoms in total. The first-order valence-corrected chi connectivity index (χ1v) is 6.27. The fourth-order valence-electron chi connectivity index (χ4n) is 1.83. The lowest BCUT2D eigenvalue weighted by atomic mass is 10.1. The van der Waals surface area contributed by atoms with Gasteiger partial charge in [0.25, 0.3) is 0 Å². The average Bonchev–Trinajstić information content (AvgIpc) is 2.27. The predicted molar refractivity (Wildman–Crippen MR) is 71.2 cm³/mol. The maximum atomic E-state index is 13.4. The van der Waals surface area contributed by atoms with E-state index < -0.39 is 0 Å². The summed E-state index contributed by atoms with van der Waals surface area (Å²) in [5, 5.41) is 0.394. The topological polar surface area (TPSA) is 25.8 Å². The van der Waals surface area contributed by atoms with Gasteiger partial charge in [0, 0.05) is 18.1 Å². The van der Waals surface area contributed by atoms with Crippen LogP contribution < -0.4 is 0 Å². The number of aromatic nitrogens is 2. The van der Waals surface area contributed by atoms with Crippen LogP contribution in [0.25, 0.3) is 11.3 Å². The van der Waals surface area contributed by atoms with Crippen molar-refractivity contribution in [1.29, 1.82) is 0 Å². The third-order valence-electron chi connectivity index (χ3n) is 2.55. The average molecular weight is 265 g/mol. The van der Waals surface area contributed by atoms with E-state index in [1.807, 2.05) is 13.0 Å². The third kappa shape index (κ3) is 3.05. The Balaban J connectivity index is 2.49. The number of rotatable bonds is 3. The Kier molecular flexibility index (Phi) is 3.92. The Morgan fingerprint density at radius 1 is 1.17 bits per heavy atom. The van der Waals surface area contributed by atoms with Crippen LogP contribution in [0.3, 0.4) is 0 Å². The van der Waals surface area contributed by atoms with Crippen molar-refractivity contribution in [2.45, 2.75) is 26.7 Å². The molecule has 94 valence electrons. The predicted octanol–water partition coefficient (Wildman–Crippen LogP) is 4.20. The minimum atomic E-state index is -0.267. The maximum absolute atomic E-state index is 13.4. The van der Waals surface area contributed by atoms with Gasteiger partial charge in [0.05, 0.1) is 5.69 Å². The van der Waals surface area contributed by atoms with Gasteiger partial charge in [-0.1, -0.05) is 18.5 Å². The van der Waals surface area contributed by atoms with E-state index >= 15 is 0 Å². The second-order valence-electron chi connectivity index (χ2n) is 4.26. The van der Waals surface area contributed by atoms with Crippen molar-refractivity contribution in [3.8, 4) is 11.3 Å². The molecule has 0 radical (unpaired) electrons. The van der Waals surface area contributed by atoms with E-state index in [9.17, 15) is 4.39 Å². The van der Waals surface area contributed by atoms with Crippen LogP contribution in [0.5, 0.6) is 0 Å². The highest BCUT2D eigenvalue weighted by atomic mass is 35.5. The highest BCUT2D eigenvalue weighted by Crippen LogP contribution is 2.22. The van der Waals surface area contributed by atoms with Gasteiger partial charge in [0.1, 0.15) is 16.8 Å². The second-order valence-corrected chi connectivity index (χ2v) is 4.65. The molecule has 18 heavy (non-hydrogen) atoms. The highest BCUT2D eigenvalue weighted by molar-refractivity contribution is 6.29. The maximum Gasteiger partial charge on any atom is 0.133 e. The molecular weight excluding hydrogens is 251 g/mol.